The fourth-order valence-corrected chi connectivity index (χ4v) is 1.82. The van der Waals surface area contributed by atoms with Crippen LogP contribution >= 0.6 is 11.6 Å². The van der Waals surface area contributed by atoms with Crippen LogP contribution in [0.25, 0.3) is 0 Å². The highest BCUT2D eigenvalue weighted by Gasteiger charge is 2.21. The molecule has 1 aromatic carbocycles. The number of ether oxygens (including phenoxy) is 2. The zero-order valence-corrected chi connectivity index (χ0v) is 11.3. The molecule has 1 rings (SSSR count). The van der Waals surface area contributed by atoms with E-state index in [4.69, 9.17) is 21.1 Å². The van der Waals surface area contributed by atoms with Gasteiger partial charge in [0.1, 0.15) is 11.9 Å². The molecule has 0 fully saturated rings. The van der Waals surface area contributed by atoms with Crippen molar-refractivity contribution in [2.24, 2.45) is 0 Å². The van der Waals surface area contributed by atoms with Gasteiger partial charge in [0.05, 0.1) is 5.02 Å². The normalized spacial score (nSPS) is 13.0. The summed E-state index contributed by atoms with van der Waals surface area (Å²) in [6, 6.07) is 4.69. The molecule has 0 heterocycles. The van der Waals surface area contributed by atoms with E-state index in [2.05, 4.69) is 0 Å². The highest BCUT2D eigenvalue weighted by Crippen LogP contribution is 2.20. The molecule has 0 aliphatic heterocycles. The first-order chi connectivity index (χ1) is 8.60. The van der Waals surface area contributed by atoms with Gasteiger partial charge >= 0.3 is 0 Å². The van der Waals surface area contributed by atoms with Crippen LogP contribution in [0, 0.1) is 5.82 Å². The molecule has 0 aliphatic carbocycles. The summed E-state index contributed by atoms with van der Waals surface area (Å²) in [5.74, 6) is -0.509. The van der Waals surface area contributed by atoms with Crippen molar-refractivity contribution in [2.75, 3.05) is 13.2 Å². The molecule has 18 heavy (non-hydrogen) atoms. The minimum Gasteiger partial charge on any atom is -0.387 e. The second kappa shape index (κ2) is 7.69. The first-order valence-corrected chi connectivity index (χ1v) is 6.32. The molecule has 0 aromatic heterocycles. The lowest BCUT2D eigenvalue weighted by Crippen LogP contribution is -2.33. The number of hydrogen-bond donors (Lipinski definition) is 1. The number of aliphatic hydroxyl groups is 1. The van der Waals surface area contributed by atoms with E-state index in [9.17, 15) is 9.50 Å². The average Bonchev–Trinajstić information content (AvgIpc) is 2.34. The SMILES string of the molecule is CCOC(OCC)C(O)Cc1cccc(Cl)c1F. The van der Waals surface area contributed by atoms with Crippen LogP contribution < -0.4 is 0 Å². The molecule has 1 N–H and O–H groups in total. The lowest BCUT2D eigenvalue weighted by molar-refractivity contribution is -0.188. The Morgan fingerprint density at radius 3 is 2.44 bits per heavy atom. The van der Waals surface area contributed by atoms with Gasteiger partial charge in [-0.15, -0.1) is 0 Å². The van der Waals surface area contributed by atoms with Gasteiger partial charge in [-0.25, -0.2) is 4.39 Å². The molecular weight excluding hydrogens is 259 g/mol. The summed E-state index contributed by atoms with van der Waals surface area (Å²) in [5.41, 5.74) is 0.347. The van der Waals surface area contributed by atoms with Crippen LogP contribution in [-0.4, -0.2) is 30.7 Å². The maximum atomic E-state index is 13.7. The van der Waals surface area contributed by atoms with Gasteiger partial charge in [-0.3, -0.25) is 0 Å². The Balaban J connectivity index is 2.72. The summed E-state index contributed by atoms with van der Waals surface area (Å²) >= 11 is 5.68. The fraction of sp³-hybridized carbons (Fsp3) is 0.538. The molecule has 1 aromatic rings. The van der Waals surface area contributed by atoms with Gasteiger partial charge in [-0.1, -0.05) is 23.7 Å². The minimum atomic E-state index is -0.933. The first-order valence-electron chi connectivity index (χ1n) is 5.94. The van der Waals surface area contributed by atoms with Gasteiger partial charge in [-0.2, -0.15) is 0 Å². The maximum absolute atomic E-state index is 13.7. The third-order valence-electron chi connectivity index (χ3n) is 2.44. The van der Waals surface area contributed by atoms with E-state index in [0.717, 1.165) is 0 Å². The van der Waals surface area contributed by atoms with Crippen LogP contribution in [0.15, 0.2) is 18.2 Å². The van der Waals surface area contributed by atoms with Crippen molar-refractivity contribution in [1.29, 1.82) is 0 Å². The highest BCUT2D eigenvalue weighted by molar-refractivity contribution is 6.30. The Labute approximate surface area is 111 Å². The molecule has 0 saturated carbocycles. The summed E-state index contributed by atoms with van der Waals surface area (Å²) < 4.78 is 24.2. The Kier molecular flexibility index (Phi) is 6.57. The molecule has 5 heteroatoms. The van der Waals surface area contributed by atoms with Gasteiger partial charge in [0.15, 0.2) is 6.29 Å². The van der Waals surface area contributed by atoms with E-state index in [-0.39, 0.29) is 11.4 Å². The molecule has 0 amide bonds. The van der Waals surface area contributed by atoms with Crippen molar-refractivity contribution >= 4 is 11.6 Å². The third kappa shape index (κ3) is 4.21. The van der Waals surface area contributed by atoms with E-state index in [1.54, 1.807) is 26.0 Å². The molecule has 0 spiro atoms. The van der Waals surface area contributed by atoms with Crippen LogP contribution in [0.4, 0.5) is 4.39 Å². The molecule has 0 aliphatic rings. The van der Waals surface area contributed by atoms with Gasteiger partial charge in [0.2, 0.25) is 0 Å². The number of hydrogen-bond acceptors (Lipinski definition) is 3. The lowest BCUT2D eigenvalue weighted by Gasteiger charge is -2.22. The van der Waals surface area contributed by atoms with Crippen LogP contribution in [-0.2, 0) is 15.9 Å². The third-order valence-corrected chi connectivity index (χ3v) is 2.73. The maximum Gasteiger partial charge on any atom is 0.183 e. The van der Waals surface area contributed by atoms with E-state index in [1.165, 1.54) is 6.07 Å². The second-order valence-corrected chi connectivity index (χ2v) is 4.17. The molecule has 0 saturated heterocycles. The molecule has 1 atom stereocenters. The van der Waals surface area contributed by atoms with Crippen molar-refractivity contribution < 1.29 is 19.0 Å². The van der Waals surface area contributed by atoms with Crippen molar-refractivity contribution in [2.45, 2.75) is 32.7 Å². The molecule has 102 valence electrons. The quantitative estimate of drug-likeness (QED) is 0.779. The predicted molar refractivity (Wildman–Crippen MR) is 68.2 cm³/mol. The van der Waals surface area contributed by atoms with Crippen molar-refractivity contribution in [3.63, 3.8) is 0 Å². The molecule has 0 radical (unpaired) electrons. The van der Waals surface area contributed by atoms with Crippen molar-refractivity contribution in [1.82, 2.24) is 0 Å². The summed E-state index contributed by atoms with van der Waals surface area (Å²) in [6.45, 7) is 4.44. The number of halogens is 2. The number of rotatable bonds is 7. The Morgan fingerprint density at radius 2 is 1.89 bits per heavy atom. The largest absolute Gasteiger partial charge is 0.387 e. The molecule has 3 nitrogen and oxygen atoms in total. The predicted octanol–water partition coefficient (Wildman–Crippen LogP) is 2.78. The van der Waals surface area contributed by atoms with Crippen LogP contribution in [0.2, 0.25) is 5.02 Å². The Bertz CT molecular complexity index is 367. The summed E-state index contributed by atoms with van der Waals surface area (Å²) in [4.78, 5) is 0. The van der Waals surface area contributed by atoms with Crippen LogP contribution in [0.3, 0.4) is 0 Å². The fourth-order valence-electron chi connectivity index (χ4n) is 1.63. The number of benzene rings is 1. The first kappa shape index (κ1) is 15.4. The number of aliphatic hydroxyl groups excluding tert-OH is 1. The van der Waals surface area contributed by atoms with Gasteiger partial charge in [0, 0.05) is 19.6 Å². The van der Waals surface area contributed by atoms with Gasteiger partial charge in [0.25, 0.3) is 0 Å². The monoisotopic (exact) mass is 276 g/mol. The Morgan fingerprint density at radius 1 is 1.28 bits per heavy atom. The summed E-state index contributed by atoms with van der Waals surface area (Å²) in [7, 11) is 0. The van der Waals surface area contributed by atoms with E-state index in [1.807, 2.05) is 0 Å². The molecule has 1 unspecified atom stereocenters. The molecular formula is C13H18ClFO3. The summed E-state index contributed by atoms with van der Waals surface area (Å²) in [6.07, 6.45) is -1.59. The average molecular weight is 277 g/mol. The second-order valence-electron chi connectivity index (χ2n) is 3.76. The standard InChI is InChI=1S/C13H18ClFO3/c1-3-17-13(18-4-2)11(16)8-9-6-5-7-10(14)12(9)15/h5-7,11,13,16H,3-4,8H2,1-2H3. The van der Waals surface area contributed by atoms with Crippen molar-refractivity contribution in [3.05, 3.63) is 34.6 Å². The van der Waals surface area contributed by atoms with Gasteiger partial charge < -0.3 is 14.6 Å². The van der Waals surface area contributed by atoms with Crippen molar-refractivity contribution in [3.8, 4) is 0 Å². The zero-order chi connectivity index (χ0) is 13.5. The minimum absolute atomic E-state index is 0.0454. The van der Waals surface area contributed by atoms with Gasteiger partial charge in [-0.05, 0) is 25.5 Å². The highest BCUT2D eigenvalue weighted by atomic mass is 35.5. The van der Waals surface area contributed by atoms with E-state index < -0.39 is 18.2 Å². The van der Waals surface area contributed by atoms with Crippen LogP contribution in [0.5, 0.6) is 0 Å². The molecule has 0 bridgehead atoms. The topological polar surface area (TPSA) is 38.7 Å². The van der Waals surface area contributed by atoms with E-state index in [0.29, 0.717) is 18.8 Å². The lowest BCUT2D eigenvalue weighted by atomic mass is 10.1. The summed E-state index contributed by atoms with van der Waals surface area (Å²) in [5, 5.41) is 10.0. The van der Waals surface area contributed by atoms with Crippen LogP contribution in [0.1, 0.15) is 19.4 Å². The smallest absolute Gasteiger partial charge is 0.183 e. The zero-order valence-electron chi connectivity index (χ0n) is 10.5. The van der Waals surface area contributed by atoms with E-state index >= 15 is 0 Å². The Hall–Kier alpha value is -0.680.